The van der Waals surface area contributed by atoms with E-state index in [1.165, 1.54) is 0 Å². The molecule has 0 aromatic carbocycles. The summed E-state index contributed by atoms with van der Waals surface area (Å²) in [6.45, 7) is 6.47. The van der Waals surface area contributed by atoms with Gasteiger partial charge in [0, 0.05) is 17.0 Å². The van der Waals surface area contributed by atoms with Gasteiger partial charge in [0.15, 0.2) is 5.78 Å². The van der Waals surface area contributed by atoms with Crippen molar-refractivity contribution in [2.45, 2.75) is 33.6 Å². The number of rotatable bonds is 1. The largest absolute Gasteiger partial charge is 0.294 e. The highest BCUT2D eigenvalue weighted by atomic mass is 35.5. The molecule has 0 radical (unpaired) electrons. The van der Waals surface area contributed by atoms with Gasteiger partial charge >= 0.3 is 0 Å². The van der Waals surface area contributed by atoms with Crippen molar-refractivity contribution in [3.63, 3.8) is 0 Å². The van der Waals surface area contributed by atoms with Gasteiger partial charge in [-0.3, -0.25) is 4.79 Å². The Balaban J connectivity index is 2.35. The molecule has 0 aliphatic heterocycles. The minimum absolute atomic E-state index is 0.293. The maximum absolute atomic E-state index is 11.6. The second-order valence-corrected chi connectivity index (χ2v) is 5.16. The van der Waals surface area contributed by atoms with Crippen molar-refractivity contribution in [1.82, 2.24) is 0 Å². The van der Waals surface area contributed by atoms with Crippen LogP contribution < -0.4 is 0 Å². The molecule has 0 spiro atoms. The van der Waals surface area contributed by atoms with E-state index in [1.54, 1.807) is 0 Å². The molecule has 0 aromatic rings. The fourth-order valence-corrected chi connectivity index (χ4v) is 2.91. The van der Waals surface area contributed by atoms with Crippen molar-refractivity contribution >= 4 is 17.4 Å². The highest BCUT2D eigenvalue weighted by Gasteiger charge is 2.65. The zero-order valence-corrected chi connectivity index (χ0v) is 9.11. The topological polar surface area (TPSA) is 17.1 Å². The summed E-state index contributed by atoms with van der Waals surface area (Å²) in [4.78, 5) is 11.6. The van der Waals surface area contributed by atoms with Crippen LogP contribution in [0.25, 0.3) is 0 Å². The van der Waals surface area contributed by atoms with Crippen LogP contribution >= 0.6 is 11.6 Å². The molecule has 2 aliphatic carbocycles. The van der Waals surface area contributed by atoms with Gasteiger partial charge in [-0.25, -0.2) is 0 Å². The highest BCUT2D eigenvalue weighted by molar-refractivity contribution is 6.32. The standard InChI is InChI=1S/C11H15ClO/c1-4-7(12)9-8(13)5-6-10(9)11(6,2)3/h6,10H,4-5H2,1-3H3/b9-7+/t6-,10-/m0/s1. The average Bonchev–Trinajstić information content (AvgIpc) is 2.48. The predicted molar refractivity (Wildman–Crippen MR) is 53.6 cm³/mol. The molecule has 13 heavy (non-hydrogen) atoms. The van der Waals surface area contributed by atoms with Gasteiger partial charge in [-0.15, -0.1) is 0 Å². The fraction of sp³-hybridized carbons (Fsp3) is 0.727. The lowest BCUT2D eigenvalue weighted by Gasteiger charge is -2.10. The van der Waals surface area contributed by atoms with Crippen molar-refractivity contribution in [2.24, 2.45) is 17.3 Å². The summed E-state index contributed by atoms with van der Waals surface area (Å²) < 4.78 is 0. The van der Waals surface area contributed by atoms with E-state index >= 15 is 0 Å². The van der Waals surface area contributed by atoms with Gasteiger partial charge in [-0.2, -0.15) is 0 Å². The Morgan fingerprint density at radius 1 is 1.62 bits per heavy atom. The number of carbonyl (C=O) groups excluding carboxylic acids is 1. The Morgan fingerprint density at radius 3 is 2.69 bits per heavy atom. The Morgan fingerprint density at radius 2 is 2.23 bits per heavy atom. The molecule has 1 nitrogen and oxygen atoms in total. The Kier molecular flexibility index (Phi) is 1.85. The summed E-state index contributed by atoms with van der Waals surface area (Å²) in [5, 5.41) is 0.795. The third-order valence-corrected chi connectivity index (χ3v) is 4.14. The van der Waals surface area contributed by atoms with Crippen molar-refractivity contribution in [2.75, 3.05) is 0 Å². The van der Waals surface area contributed by atoms with Gasteiger partial charge in [-0.05, 0) is 23.7 Å². The quantitative estimate of drug-likeness (QED) is 0.592. The van der Waals surface area contributed by atoms with E-state index in [4.69, 9.17) is 11.6 Å². The molecule has 0 amide bonds. The van der Waals surface area contributed by atoms with Crippen LogP contribution in [-0.2, 0) is 4.79 Å². The Hall–Kier alpha value is -0.300. The minimum atomic E-state index is 0.293. The van der Waals surface area contributed by atoms with E-state index in [-0.39, 0.29) is 0 Å². The number of allylic oxidation sites excluding steroid dienone is 2. The summed E-state index contributed by atoms with van der Waals surface area (Å²) in [5.41, 5.74) is 1.28. The second-order valence-electron chi connectivity index (χ2n) is 4.70. The molecule has 2 aliphatic rings. The Labute approximate surface area is 84.2 Å². The first-order valence-corrected chi connectivity index (χ1v) is 5.29. The van der Waals surface area contributed by atoms with Crippen LogP contribution in [0.15, 0.2) is 10.6 Å². The maximum atomic E-state index is 11.6. The van der Waals surface area contributed by atoms with E-state index in [0.29, 0.717) is 23.0 Å². The van der Waals surface area contributed by atoms with Crippen LogP contribution in [0, 0.1) is 17.3 Å². The average molecular weight is 199 g/mol. The third-order valence-electron chi connectivity index (χ3n) is 3.67. The molecular weight excluding hydrogens is 184 g/mol. The van der Waals surface area contributed by atoms with Crippen molar-refractivity contribution in [1.29, 1.82) is 0 Å². The highest BCUT2D eigenvalue weighted by Crippen LogP contribution is 2.68. The SMILES string of the molecule is CC/C(Cl)=C1/C(=O)C[C@H]2[C@@H]1C2(C)C. The van der Waals surface area contributed by atoms with E-state index in [1.807, 2.05) is 6.92 Å². The van der Waals surface area contributed by atoms with Gasteiger partial charge in [0.1, 0.15) is 0 Å². The lowest BCUT2D eigenvalue weighted by molar-refractivity contribution is -0.115. The number of Topliss-reactive ketones (excluding diaryl/α,β-unsaturated/α-hetero) is 1. The Bertz CT molecular complexity index is 301. The molecule has 2 atom stereocenters. The van der Waals surface area contributed by atoms with Crippen LogP contribution in [0.1, 0.15) is 33.6 Å². The van der Waals surface area contributed by atoms with Crippen LogP contribution in [-0.4, -0.2) is 5.78 Å². The zero-order valence-electron chi connectivity index (χ0n) is 8.36. The van der Waals surface area contributed by atoms with Crippen molar-refractivity contribution in [3.8, 4) is 0 Å². The lowest BCUT2D eigenvalue weighted by atomic mass is 9.96. The first kappa shape index (κ1) is 9.26. The summed E-state index contributed by atoms with van der Waals surface area (Å²) in [5.74, 6) is 1.34. The molecule has 72 valence electrons. The summed E-state index contributed by atoms with van der Waals surface area (Å²) in [6, 6.07) is 0. The predicted octanol–water partition coefficient (Wildman–Crippen LogP) is 3.13. The van der Waals surface area contributed by atoms with E-state index in [9.17, 15) is 4.79 Å². The fourth-order valence-electron chi connectivity index (χ4n) is 2.69. The van der Waals surface area contributed by atoms with Gasteiger partial charge in [-0.1, -0.05) is 32.4 Å². The van der Waals surface area contributed by atoms with E-state index < -0.39 is 0 Å². The molecule has 0 saturated heterocycles. The normalized spacial score (nSPS) is 38.9. The van der Waals surface area contributed by atoms with Crippen LogP contribution in [0.2, 0.25) is 0 Å². The molecule has 0 N–H and O–H groups in total. The molecule has 0 unspecified atom stereocenters. The molecule has 2 heteroatoms. The molecule has 0 bridgehead atoms. The zero-order chi connectivity index (χ0) is 9.80. The van der Waals surface area contributed by atoms with Crippen LogP contribution in [0.4, 0.5) is 0 Å². The maximum Gasteiger partial charge on any atom is 0.160 e. The van der Waals surface area contributed by atoms with Crippen molar-refractivity contribution < 1.29 is 4.79 Å². The van der Waals surface area contributed by atoms with Crippen LogP contribution in [0.5, 0.6) is 0 Å². The monoisotopic (exact) mass is 198 g/mol. The van der Waals surface area contributed by atoms with Gasteiger partial charge in [0.25, 0.3) is 0 Å². The number of carbonyl (C=O) groups is 1. The third kappa shape index (κ3) is 1.10. The molecule has 2 saturated carbocycles. The smallest absolute Gasteiger partial charge is 0.160 e. The lowest BCUT2D eigenvalue weighted by Crippen LogP contribution is -2.08. The van der Waals surface area contributed by atoms with Gasteiger partial charge in [0.2, 0.25) is 0 Å². The summed E-state index contributed by atoms with van der Waals surface area (Å²) in [7, 11) is 0. The van der Waals surface area contributed by atoms with Gasteiger partial charge in [0.05, 0.1) is 0 Å². The van der Waals surface area contributed by atoms with E-state index in [0.717, 1.165) is 23.4 Å². The molecule has 0 heterocycles. The van der Waals surface area contributed by atoms with Gasteiger partial charge < -0.3 is 0 Å². The second kappa shape index (κ2) is 2.60. The molecule has 0 aromatic heterocycles. The molecule has 2 fully saturated rings. The van der Waals surface area contributed by atoms with E-state index in [2.05, 4.69) is 13.8 Å². The minimum Gasteiger partial charge on any atom is -0.294 e. The number of hydrogen-bond donors (Lipinski definition) is 0. The number of halogens is 1. The summed E-state index contributed by atoms with van der Waals surface area (Å²) >= 11 is 6.07. The molecule has 2 rings (SSSR count). The summed E-state index contributed by atoms with van der Waals surface area (Å²) in [6.07, 6.45) is 1.52. The van der Waals surface area contributed by atoms with Crippen LogP contribution in [0.3, 0.4) is 0 Å². The number of hydrogen-bond acceptors (Lipinski definition) is 1. The van der Waals surface area contributed by atoms with Crippen molar-refractivity contribution in [3.05, 3.63) is 10.6 Å². The first-order chi connectivity index (χ1) is 6.00. The number of fused-ring (bicyclic) bond motifs is 1. The molecular formula is C11H15ClO. The number of ketones is 1. The first-order valence-electron chi connectivity index (χ1n) is 4.91.